The molecule has 0 radical (unpaired) electrons. The van der Waals surface area contributed by atoms with Gasteiger partial charge in [-0.2, -0.15) is 0 Å². The van der Waals surface area contributed by atoms with Crippen molar-refractivity contribution in [3.8, 4) is 0 Å². The molecule has 0 saturated heterocycles. The molecule has 2 rings (SSSR count). The second kappa shape index (κ2) is 5.43. The van der Waals surface area contributed by atoms with Crippen LogP contribution in [0.1, 0.15) is 35.6 Å². The number of hydrogen-bond acceptors (Lipinski definition) is 3. The summed E-state index contributed by atoms with van der Waals surface area (Å²) < 4.78 is 5.54. The first-order valence-electron chi connectivity index (χ1n) is 6.04. The molecule has 0 fully saturated rings. The van der Waals surface area contributed by atoms with Gasteiger partial charge in [0, 0.05) is 5.56 Å². The molecule has 0 saturated carbocycles. The number of rotatable bonds is 3. The van der Waals surface area contributed by atoms with Gasteiger partial charge in [0.05, 0.1) is 11.7 Å². The predicted octanol–water partition coefficient (Wildman–Crippen LogP) is 5.08. The van der Waals surface area contributed by atoms with Crippen LogP contribution in [0.5, 0.6) is 0 Å². The lowest BCUT2D eigenvalue weighted by Gasteiger charge is -2.17. The quantitative estimate of drug-likeness (QED) is 0.803. The number of halogens is 2. The molecule has 0 aliphatic heterocycles. The third-order valence-corrected chi connectivity index (χ3v) is 3.52. The van der Waals surface area contributed by atoms with E-state index in [0.29, 0.717) is 10.3 Å². The van der Waals surface area contributed by atoms with Gasteiger partial charge in [0.25, 0.3) is 0 Å². The van der Waals surface area contributed by atoms with Gasteiger partial charge in [-0.25, -0.2) is 4.98 Å². The average molecular weight is 299 g/mol. The van der Waals surface area contributed by atoms with Gasteiger partial charge in [0.2, 0.25) is 0 Å². The summed E-state index contributed by atoms with van der Waals surface area (Å²) in [5.41, 5.74) is 2.88. The summed E-state index contributed by atoms with van der Waals surface area (Å²) in [4.78, 5) is 4.05. The Bertz CT molecular complexity index is 584. The summed E-state index contributed by atoms with van der Waals surface area (Å²) in [5, 5.41) is 4.15. The molecule has 1 atom stereocenters. The Hall–Kier alpha value is -1.19. The second-order valence-electron chi connectivity index (χ2n) is 4.66. The summed E-state index contributed by atoms with van der Waals surface area (Å²) in [6.07, 6.45) is 0. The molecule has 0 spiro atoms. The first-order valence-corrected chi connectivity index (χ1v) is 6.80. The van der Waals surface area contributed by atoms with Gasteiger partial charge in [0.15, 0.2) is 5.15 Å². The van der Waals surface area contributed by atoms with E-state index in [1.165, 1.54) is 0 Å². The highest BCUT2D eigenvalue weighted by molar-refractivity contribution is 6.34. The van der Waals surface area contributed by atoms with Crippen LogP contribution in [0.25, 0.3) is 0 Å². The van der Waals surface area contributed by atoms with Crippen molar-refractivity contribution in [2.45, 2.75) is 33.7 Å². The maximum absolute atomic E-state index is 6.13. The van der Waals surface area contributed by atoms with E-state index in [9.17, 15) is 0 Å². The summed E-state index contributed by atoms with van der Waals surface area (Å²) in [6.45, 7) is 7.89. The van der Waals surface area contributed by atoms with Gasteiger partial charge >= 0.3 is 0 Å². The van der Waals surface area contributed by atoms with Crippen LogP contribution in [0.15, 0.2) is 16.5 Å². The maximum Gasteiger partial charge on any atom is 0.154 e. The van der Waals surface area contributed by atoms with Crippen LogP contribution in [-0.4, -0.2) is 4.98 Å². The summed E-state index contributed by atoms with van der Waals surface area (Å²) >= 11 is 12.0. The van der Waals surface area contributed by atoms with Crippen LogP contribution in [0.2, 0.25) is 10.3 Å². The monoisotopic (exact) mass is 298 g/mol. The Kier molecular flexibility index (Phi) is 4.07. The number of aromatic nitrogens is 1. The van der Waals surface area contributed by atoms with Gasteiger partial charge in [-0.3, -0.25) is 0 Å². The van der Waals surface area contributed by atoms with Gasteiger partial charge in [-0.15, -0.1) is 0 Å². The van der Waals surface area contributed by atoms with Crippen molar-refractivity contribution < 1.29 is 4.42 Å². The molecule has 5 heteroatoms. The van der Waals surface area contributed by atoms with Crippen LogP contribution in [-0.2, 0) is 0 Å². The Morgan fingerprint density at radius 1 is 1.21 bits per heavy atom. The molecular formula is C14H16Cl2N2O. The van der Waals surface area contributed by atoms with E-state index in [1.807, 2.05) is 26.8 Å². The van der Waals surface area contributed by atoms with Crippen LogP contribution >= 0.6 is 23.2 Å². The molecular weight excluding hydrogens is 283 g/mol. The van der Waals surface area contributed by atoms with Gasteiger partial charge in [-0.05, 0) is 45.4 Å². The highest BCUT2D eigenvalue weighted by Crippen LogP contribution is 2.31. The van der Waals surface area contributed by atoms with E-state index in [-0.39, 0.29) is 6.04 Å². The van der Waals surface area contributed by atoms with Crippen molar-refractivity contribution in [3.63, 3.8) is 0 Å². The second-order valence-corrected chi connectivity index (χ2v) is 5.41. The molecule has 2 aromatic rings. The van der Waals surface area contributed by atoms with Crippen LogP contribution < -0.4 is 5.32 Å². The maximum atomic E-state index is 6.13. The predicted molar refractivity (Wildman–Crippen MR) is 79.2 cm³/mol. The van der Waals surface area contributed by atoms with Crippen molar-refractivity contribution >= 4 is 28.9 Å². The van der Waals surface area contributed by atoms with Gasteiger partial charge in [-0.1, -0.05) is 23.2 Å². The molecule has 1 unspecified atom stereocenters. The van der Waals surface area contributed by atoms with Crippen molar-refractivity contribution in [2.24, 2.45) is 0 Å². The topological polar surface area (TPSA) is 38.1 Å². The molecule has 1 N–H and O–H groups in total. The Balaban J connectivity index is 2.29. The molecule has 0 bridgehead atoms. The summed E-state index contributed by atoms with van der Waals surface area (Å²) in [5.74, 6) is 1.81. The number of pyridine rings is 1. The fraction of sp³-hybridized carbons (Fsp3) is 0.357. The van der Waals surface area contributed by atoms with E-state index >= 15 is 0 Å². The molecule has 0 amide bonds. The largest absolute Gasteiger partial charge is 0.466 e. The zero-order valence-corrected chi connectivity index (χ0v) is 12.9. The minimum absolute atomic E-state index is 0.0802. The van der Waals surface area contributed by atoms with Gasteiger partial charge in [0.1, 0.15) is 16.7 Å². The molecule has 0 aliphatic rings. The van der Waals surface area contributed by atoms with Gasteiger partial charge < -0.3 is 9.73 Å². The van der Waals surface area contributed by atoms with Crippen molar-refractivity contribution in [1.82, 2.24) is 4.98 Å². The fourth-order valence-corrected chi connectivity index (χ4v) is 2.73. The highest BCUT2D eigenvalue weighted by atomic mass is 35.5. The molecule has 2 heterocycles. The van der Waals surface area contributed by atoms with Crippen molar-refractivity contribution in [1.29, 1.82) is 0 Å². The first kappa shape index (κ1) is 14.2. The summed E-state index contributed by atoms with van der Waals surface area (Å²) in [6, 6.07) is 3.90. The lowest BCUT2D eigenvalue weighted by Crippen LogP contribution is -2.09. The average Bonchev–Trinajstić information content (AvgIpc) is 2.62. The molecule has 0 aromatic carbocycles. The molecule has 19 heavy (non-hydrogen) atoms. The number of nitrogens with one attached hydrogen (secondary N) is 1. The number of anilines is 1. The Labute approximate surface area is 122 Å². The fourth-order valence-electron chi connectivity index (χ4n) is 2.14. The van der Waals surface area contributed by atoms with E-state index in [0.717, 1.165) is 28.3 Å². The number of furan rings is 1. The van der Waals surface area contributed by atoms with E-state index in [4.69, 9.17) is 27.6 Å². The molecule has 2 aromatic heterocycles. The summed E-state index contributed by atoms with van der Waals surface area (Å²) in [7, 11) is 0. The lowest BCUT2D eigenvalue weighted by molar-refractivity contribution is 0.500. The highest BCUT2D eigenvalue weighted by Gasteiger charge is 2.15. The van der Waals surface area contributed by atoms with E-state index in [2.05, 4.69) is 17.2 Å². The zero-order valence-electron chi connectivity index (χ0n) is 11.3. The van der Waals surface area contributed by atoms with Crippen molar-refractivity contribution in [2.75, 3.05) is 5.32 Å². The smallest absolute Gasteiger partial charge is 0.154 e. The Morgan fingerprint density at radius 3 is 2.42 bits per heavy atom. The lowest BCUT2D eigenvalue weighted by atomic mass is 10.1. The van der Waals surface area contributed by atoms with Crippen LogP contribution in [0.4, 0.5) is 5.69 Å². The Morgan fingerprint density at radius 2 is 1.89 bits per heavy atom. The normalized spacial score (nSPS) is 12.5. The zero-order chi connectivity index (χ0) is 14.2. The first-order chi connectivity index (χ1) is 8.88. The van der Waals surface area contributed by atoms with Crippen molar-refractivity contribution in [3.05, 3.63) is 45.1 Å². The number of hydrogen-bond donors (Lipinski definition) is 1. The molecule has 0 aliphatic carbocycles. The van der Waals surface area contributed by atoms with Crippen LogP contribution in [0.3, 0.4) is 0 Å². The SMILES string of the molecule is Cc1cc(C(C)Nc2c(C)cc(Cl)nc2Cl)c(C)o1. The minimum Gasteiger partial charge on any atom is -0.466 e. The van der Waals surface area contributed by atoms with E-state index < -0.39 is 0 Å². The third-order valence-electron chi connectivity index (χ3n) is 3.05. The number of nitrogens with zero attached hydrogens (tertiary/aromatic N) is 1. The van der Waals surface area contributed by atoms with E-state index in [1.54, 1.807) is 6.07 Å². The number of aryl methyl sites for hydroxylation is 3. The third kappa shape index (κ3) is 3.04. The van der Waals surface area contributed by atoms with Crippen LogP contribution in [0, 0.1) is 20.8 Å². The minimum atomic E-state index is 0.0802. The molecule has 3 nitrogen and oxygen atoms in total. The molecule has 102 valence electrons. The standard InChI is InChI=1S/C14H16Cl2N2O/c1-7-5-12(15)18-14(16)13(7)17-9(3)11-6-8(2)19-10(11)4/h5-6,9,17H,1-4H3.